The summed E-state index contributed by atoms with van der Waals surface area (Å²) in [4.78, 5) is 21.9. The van der Waals surface area contributed by atoms with E-state index in [1.54, 1.807) is 6.20 Å². The van der Waals surface area contributed by atoms with E-state index in [1.807, 2.05) is 46.0 Å². The molecular formula is C21H28N4O2. The van der Waals surface area contributed by atoms with Crippen LogP contribution in [0.1, 0.15) is 19.8 Å². The molecule has 0 unspecified atom stereocenters. The number of carbonyl (C=O) groups is 1. The van der Waals surface area contributed by atoms with Crippen molar-refractivity contribution in [2.45, 2.75) is 38.4 Å². The minimum absolute atomic E-state index is 0.155. The molecule has 6 nitrogen and oxygen atoms in total. The molecule has 0 spiro atoms. The van der Waals surface area contributed by atoms with Gasteiger partial charge in [0.1, 0.15) is 12.4 Å². The molecular weight excluding hydrogens is 340 g/mol. The van der Waals surface area contributed by atoms with Gasteiger partial charge in [-0.15, -0.1) is 0 Å². The Hall–Kier alpha value is -2.18. The lowest BCUT2D eigenvalue weighted by Gasteiger charge is -2.48. The second-order valence-corrected chi connectivity index (χ2v) is 7.46. The smallest absolute Gasteiger partial charge is 0.242 e. The molecule has 1 aromatic carbocycles. The number of hydrogen-bond acceptors (Lipinski definition) is 4. The molecule has 2 atom stereocenters. The topological polar surface area (TPSA) is 50.6 Å². The van der Waals surface area contributed by atoms with Crippen molar-refractivity contribution in [1.29, 1.82) is 0 Å². The van der Waals surface area contributed by atoms with Crippen LogP contribution in [0.4, 0.5) is 0 Å². The number of rotatable bonds is 5. The average Bonchev–Trinajstić information content (AvgIpc) is 3.17. The molecule has 2 aliphatic rings. The molecule has 2 aliphatic heterocycles. The Morgan fingerprint density at radius 1 is 1.22 bits per heavy atom. The molecule has 144 valence electrons. The molecule has 0 N–H and O–H groups in total. The predicted octanol–water partition coefficient (Wildman–Crippen LogP) is 2.26. The quantitative estimate of drug-likeness (QED) is 0.812. The van der Waals surface area contributed by atoms with Gasteiger partial charge in [0.25, 0.3) is 0 Å². The van der Waals surface area contributed by atoms with E-state index in [9.17, 15) is 4.79 Å². The van der Waals surface area contributed by atoms with E-state index in [4.69, 9.17) is 4.74 Å². The van der Waals surface area contributed by atoms with Crippen molar-refractivity contribution in [3.05, 3.63) is 42.7 Å². The second-order valence-electron chi connectivity index (χ2n) is 7.46. The molecule has 0 radical (unpaired) electrons. The van der Waals surface area contributed by atoms with Crippen molar-refractivity contribution in [2.75, 3.05) is 32.8 Å². The summed E-state index contributed by atoms with van der Waals surface area (Å²) in [7, 11) is 0. The molecule has 2 aromatic rings. The van der Waals surface area contributed by atoms with Gasteiger partial charge >= 0.3 is 0 Å². The van der Waals surface area contributed by atoms with Crippen molar-refractivity contribution in [3.8, 4) is 11.4 Å². The lowest BCUT2D eigenvalue weighted by Crippen LogP contribution is -2.62. The third kappa shape index (κ3) is 3.92. The molecule has 1 aromatic heterocycles. The Kier molecular flexibility index (Phi) is 5.55. The van der Waals surface area contributed by atoms with E-state index in [0.29, 0.717) is 18.6 Å². The Balaban J connectivity index is 1.41. The maximum Gasteiger partial charge on any atom is 0.242 e. The van der Waals surface area contributed by atoms with Crippen LogP contribution in [0.2, 0.25) is 0 Å². The highest BCUT2D eigenvalue weighted by Gasteiger charge is 2.36. The van der Waals surface area contributed by atoms with Gasteiger partial charge < -0.3 is 14.2 Å². The van der Waals surface area contributed by atoms with Crippen LogP contribution in [0, 0.1) is 0 Å². The van der Waals surface area contributed by atoms with Gasteiger partial charge in [0.05, 0.1) is 19.3 Å². The molecule has 27 heavy (non-hydrogen) atoms. The van der Waals surface area contributed by atoms with E-state index >= 15 is 0 Å². The van der Waals surface area contributed by atoms with Crippen LogP contribution in [-0.2, 0) is 16.1 Å². The minimum atomic E-state index is 0.155. The molecule has 2 fully saturated rings. The summed E-state index contributed by atoms with van der Waals surface area (Å²) >= 11 is 0. The highest BCUT2D eigenvalue weighted by atomic mass is 16.5. The van der Waals surface area contributed by atoms with Crippen molar-refractivity contribution in [2.24, 2.45) is 0 Å². The Morgan fingerprint density at radius 2 is 2.07 bits per heavy atom. The number of morpholine rings is 1. The fourth-order valence-electron chi connectivity index (χ4n) is 4.27. The zero-order valence-corrected chi connectivity index (χ0v) is 16.0. The van der Waals surface area contributed by atoms with Crippen molar-refractivity contribution in [1.82, 2.24) is 19.4 Å². The van der Waals surface area contributed by atoms with E-state index < -0.39 is 0 Å². The molecule has 0 aliphatic carbocycles. The SMILES string of the molecule is CCC[C@H]1COC[C@H]2CN(C(=O)Cn3ccnc3-c3ccccc3)CCN12. The number of aromatic nitrogens is 2. The highest BCUT2D eigenvalue weighted by Crippen LogP contribution is 2.22. The summed E-state index contributed by atoms with van der Waals surface area (Å²) < 4.78 is 7.77. The molecule has 1 amide bonds. The summed E-state index contributed by atoms with van der Waals surface area (Å²) in [6, 6.07) is 10.8. The number of benzene rings is 1. The van der Waals surface area contributed by atoms with Crippen LogP contribution in [0.25, 0.3) is 11.4 Å². The van der Waals surface area contributed by atoms with Gasteiger partial charge in [-0.2, -0.15) is 0 Å². The van der Waals surface area contributed by atoms with Crippen LogP contribution in [0.3, 0.4) is 0 Å². The van der Waals surface area contributed by atoms with Crippen LogP contribution in [0.5, 0.6) is 0 Å². The number of amides is 1. The van der Waals surface area contributed by atoms with Gasteiger partial charge in [0.15, 0.2) is 0 Å². The monoisotopic (exact) mass is 368 g/mol. The van der Waals surface area contributed by atoms with Crippen molar-refractivity contribution < 1.29 is 9.53 Å². The summed E-state index contributed by atoms with van der Waals surface area (Å²) in [6.45, 7) is 6.60. The summed E-state index contributed by atoms with van der Waals surface area (Å²) in [5, 5.41) is 0. The summed E-state index contributed by atoms with van der Waals surface area (Å²) in [6.07, 6.45) is 5.98. The maximum absolute atomic E-state index is 12.9. The van der Waals surface area contributed by atoms with E-state index in [2.05, 4.69) is 16.8 Å². The third-order valence-corrected chi connectivity index (χ3v) is 5.65. The Morgan fingerprint density at radius 3 is 2.89 bits per heavy atom. The number of imidazole rings is 1. The van der Waals surface area contributed by atoms with Crippen molar-refractivity contribution in [3.63, 3.8) is 0 Å². The largest absolute Gasteiger partial charge is 0.378 e. The zero-order valence-electron chi connectivity index (χ0n) is 16.0. The first kappa shape index (κ1) is 18.2. The van der Waals surface area contributed by atoms with Gasteiger partial charge in [-0.3, -0.25) is 9.69 Å². The van der Waals surface area contributed by atoms with Gasteiger partial charge in [-0.25, -0.2) is 4.98 Å². The third-order valence-electron chi connectivity index (χ3n) is 5.65. The van der Waals surface area contributed by atoms with Gasteiger partial charge in [-0.05, 0) is 6.42 Å². The first-order valence-electron chi connectivity index (χ1n) is 9.94. The fourth-order valence-corrected chi connectivity index (χ4v) is 4.27. The number of carbonyl (C=O) groups excluding carboxylic acids is 1. The van der Waals surface area contributed by atoms with Gasteiger partial charge in [-0.1, -0.05) is 43.7 Å². The summed E-state index contributed by atoms with van der Waals surface area (Å²) in [5.74, 6) is 0.994. The molecule has 0 saturated carbocycles. The van der Waals surface area contributed by atoms with Crippen LogP contribution in [0.15, 0.2) is 42.7 Å². The standard InChI is InChI=1S/C21H28N4O2/c1-2-6-18-15-27-16-19-13-23(11-12-25(18)19)20(26)14-24-10-9-22-21(24)17-7-4-3-5-8-17/h3-5,7-10,18-19H,2,6,11-16H2,1H3/t18-,19+/m0/s1. The number of hydrogen-bond donors (Lipinski definition) is 0. The van der Waals surface area contributed by atoms with Gasteiger partial charge in [0.2, 0.25) is 5.91 Å². The average molecular weight is 368 g/mol. The van der Waals surface area contributed by atoms with Crippen LogP contribution >= 0.6 is 0 Å². The Bertz CT molecular complexity index is 759. The normalized spacial score (nSPS) is 23.2. The number of fused-ring (bicyclic) bond motifs is 1. The first-order valence-corrected chi connectivity index (χ1v) is 9.94. The molecule has 4 rings (SSSR count). The Labute approximate surface area is 160 Å². The zero-order chi connectivity index (χ0) is 18.6. The lowest BCUT2D eigenvalue weighted by molar-refractivity contribution is -0.140. The lowest BCUT2D eigenvalue weighted by atomic mass is 10.0. The predicted molar refractivity (Wildman–Crippen MR) is 104 cm³/mol. The molecule has 2 saturated heterocycles. The van der Waals surface area contributed by atoms with E-state index in [-0.39, 0.29) is 5.91 Å². The second kappa shape index (κ2) is 8.23. The summed E-state index contributed by atoms with van der Waals surface area (Å²) in [5.41, 5.74) is 1.03. The van der Waals surface area contributed by atoms with Crippen molar-refractivity contribution >= 4 is 5.91 Å². The number of nitrogens with zero attached hydrogens (tertiary/aromatic N) is 4. The van der Waals surface area contributed by atoms with Crippen LogP contribution in [-0.4, -0.2) is 70.2 Å². The van der Waals surface area contributed by atoms with E-state index in [0.717, 1.165) is 44.2 Å². The molecule has 0 bridgehead atoms. The first-order chi connectivity index (χ1) is 13.3. The minimum Gasteiger partial charge on any atom is -0.378 e. The molecule has 3 heterocycles. The maximum atomic E-state index is 12.9. The highest BCUT2D eigenvalue weighted by molar-refractivity contribution is 5.77. The van der Waals surface area contributed by atoms with Gasteiger partial charge in [0, 0.05) is 43.6 Å². The number of piperazine rings is 1. The van der Waals surface area contributed by atoms with E-state index in [1.165, 1.54) is 12.8 Å². The fraction of sp³-hybridized carbons (Fsp3) is 0.524. The number of ether oxygens (including phenoxy) is 1. The molecule has 6 heteroatoms. The van der Waals surface area contributed by atoms with Crippen LogP contribution < -0.4 is 0 Å².